The molecule has 5 aromatic rings. The van der Waals surface area contributed by atoms with Crippen LogP contribution in [0.4, 0.5) is 0 Å². The van der Waals surface area contributed by atoms with Crippen LogP contribution in [0.1, 0.15) is 0 Å². The van der Waals surface area contributed by atoms with Crippen LogP contribution in [0.3, 0.4) is 0 Å². The van der Waals surface area contributed by atoms with E-state index in [1.807, 2.05) is 48.5 Å². The molecule has 2 aromatic carbocycles. The molecule has 0 spiro atoms. The molecule has 0 saturated heterocycles. The van der Waals surface area contributed by atoms with Gasteiger partial charge in [-0.2, -0.15) is 14.6 Å². The van der Waals surface area contributed by atoms with E-state index in [9.17, 15) is 9.90 Å². The van der Waals surface area contributed by atoms with Crippen LogP contribution in [0.5, 0.6) is 0 Å². The largest absolute Gasteiger partial charge is 0.548 e. The normalized spacial score (nSPS) is 11.8. The Morgan fingerprint density at radius 2 is 1.75 bits per heavy atom. The number of hydrogen-bond acceptors (Lipinski definition) is 5. The highest BCUT2D eigenvalue weighted by atomic mass is 16.4. The summed E-state index contributed by atoms with van der Waals surface area (Å²) in [5.41, 5.74) is 3.54. The Balaban J connectivity index is 1.99. The molecule has 0 fully saturated rings. The summed E-state index contributed by atoms with van der Waals surface area (Å²) in [5, 5.41) is 16.7. The van der Waals surface area contributed by atoms with E-state index in [0.29, 0.717) is 16.9 Å². The Kier molecular flexibility index (Phi) is 2.44. The van der Waals surface area contributed by atoms with Crippen molar-refractivity contribution in [2.45, 2.75) is 6.54 Å². The van der Waals surface area contributed by atoms with Gasteiger partial charge in [0.15, 0.2) is 5.65 Å². The van der Waals surface area contributed by atoms with Gasteiger partial charge in [0.05, 0.1) is 29.1 Å². The molecular weight excluding hydrogens is 306 g/mol. The van der Waals surface area contributed by atoms with Gasteiger partial charge >= 0.3 is 0 Å². The van der Waals surface area contributed by atoms with Crippen LogP contribution in [0.25, 0.3) is 38.9 Å². The first kappa shape index (κ1) is 13.0. The highest BCUT2D eigenvalue weighted by Gasteiger charge is 2.16. The van der Waals surface area contributed by atoms with E-state index in [-0.39, 0.29) is 6.54 Å². The number of aromatic nitrogens is 5. The summed E-state index contributed by atoms with van der Waals surface area (Å²) in [4.78, 5) is 20.2. The van der Waals surface area contributed by atoms with Gasteiger partial charge in [0, 0.05) is 5.39 Å². The van der Waals surface area contributed by atoms with Gasteiger partial charge in [0.25, 0.3) is 5.78 Å². The zero-order valence-electron chi connectivity index (χ0n) is 12.4. The van der Waals surface area contributed by atoms with Crippen LogP contribution in [0.2, 0.25) is 0 Å². The fraction of sp³-hybridized carbons (Fsp3) is 0.0588. The molecule has 0 amide bonds. The van der Waals surface area contributed by atoms with E-state index in [0.717, 1.165) is 21.9 Å². The summed E-state index contributed by atoms with van der Waals surface area (Å²) in [7, 11) is 0. The third-order valence-electron chi connectivity index (χ3n) is 4.13. The standard InChI is InChI=1S/C17H11N5O2/c23-14(24)9-21-12-7-3-1-5-10(12)15-16(21)19-17-18-11-6-2-4-8-13(11)22(17)20-15/h1-8H,9H2,(H,23,24)/p-1. The summed E-state index contributed by atoms with van der Waals surface area (Å²) in [6.07, 6.45) is 0. The number of carbonyl (C=O) groups is 1. The van der Waals surface area contributed by atoms with Gasteiger partial charge in [-0.1, -0.05) is 30.3 Å². The molecule has 0 bridgehead atoms. The van der Waals surface area contributed by atoms with Crippen molar-refractivity contribution in [1.82, 2.24) is 24.1 Å². The van der Waals surface area contributed by atoms with E-state index < -0.39 is 5.97 Å². The lowest BCUT2D eigenvalue weighted by Gasteiger charge is -2.06. The Hall–Kier alpha value is -3.48. The molecule has 5 rings (SSSR count). The average molecular weight is 316 g/mol. The molecule has 0 atom stereocenters. The maximum atomic E-state index is 11.2. The lowest BCUT2D eigenvalue weighted by Crippen LogP contribution is -2.27. The van der Waals surface area contributed by atoms with E-state index in [2.05, 4.69) is 15.1 Å². The molecule has 3 aromatic heterocycles. The SMILES string of the molecule is O=C([O-])Cn1c2ccccc2c2nn3c(nc4ccccc43)nc21. The Labute approximate surface area is 134 Å². The second kappa shape index (κ2) is 4.51. The van der Waals surface area contributed by atoms with Crippen LogP contribution in [-0.2, 0) is 11.3 Å². The van der Waals surface area contributed by atoms with Gasteiger partial charge in [-0.15, -0.1) is 0 Å². The summed E-state index contributed by atoms with van der Waals surface area (Å²) in [6, 6.07) is 15.1. The number of aliphatic carboxylic acids is 1. The van der Waals surface area contributed by atoms with Crippen LogP contribution in [0.15, 0.2) is 48.5 Å². The summed E-state index contributed by atoms with van der Waals surface area (Å²) < 4.78 is 3.29. The highest BCUT2D eigenvalue weighted by molar-refractivity contribution is 6.05. The number of nitrogens with zero attached hydrogens (tertiary/aromatic N) is 5. The molecular formula is C17H10N5O2-. The molecule has 116 valence electrons. The number of fused-ring (bicyclic) bond motifs is 6. The number of benzene rings is 2. The second-order valence-corrected chi connectivity index (χ2v) is 5.57. The summed E-state index contributed by atoms with van der Waals surface area (Å²) >= 11 is 0. The minimum atomic E-state index is -1.17. The summed E-state index contributed by atoms with van der Waals surface area (Å²) in [5.74, 6) is -0.737. The average Bonchev–Trinajstić information content (AvgIpc) is 3.09. The van der Waals surface area contributed by atoms with Crippen molar-refractivity contribution < 1.29 is 9.90 Å². The first-order chi connectivity index (χ1) is 11.7. The molecule has 0 N–H and O–H groups in total. The zero-order chi connectivity index (χ0) is 16.3. The molecule has 7 heteroatoms. The number of imidazole rings is 1. The van der Waals surface area contributed by atoms with Gasteiger partial charge in [-0.3, -0.25) is 0 Å². The number of carboxylic acid groups (broad SMARTS) is 1. The first-order valence-electron chi connectivity index (χ1n) is 7.45. The topological polar surface area (TPSA) is 88.1 Å². The van der Waals surface area contributed by atoms with Crippen LogP contribution < -0.4 is 5.11 Å². The van der Waals surface area contributed by atoms with Crippen LogP contribution >= 0.6 is 0 Å². The molecule has 0 aliphatic carbocycles. The minimum Gasteiger partial charge on any atom is -0.548 e. The lowest BCUT2D eigenvalue weighted by molar-refractivity contribution is -0.306. The maximum Gasteiger partial charge on any atom is 0.253 e. The monoisotopic (exact) mass is 316 g/mol. The molecule has 3 heterocycles. The molecule has 0 saturated carbocycles. The molecule has 24 heavy (non-hydrogen) atoms. The molecule has 7 nitrogen and oxygen atoms in total. The lowest BCUT2D eigenvalue weighted by atomic mass is 10.2. The van der Waals surface area contributed by atoms with Crippen molar-refractivity contribution in [3.63, 3.8) is 0 Å². The first-order valence-corrected chi connectivity index (χ1v) is 7.45. The fourth-order valence-corrected chi connectivity index (χ4v) is 3.14. The number of para-hydroxylation sites is 3. The van der Waals surface area contributed by atoms with Crippen molar-refractivity contribution >= 4 is 44.8 Å². The van der Waals surface area contributed by atoms with Gasteiger partial charge in [-0.05, 0) is 18.2 Å². The van der Waals surface area contributed by atoms with E-state index in [1.54, 1.807) is 9.08 Å². The predicted octanol–water partition coefficient (Wildman–Crippen LogP) is 1.14. The molecule has 0 unspecified atom stereocenters. The number of carbonyl (C=O) groups excluding carboxylic acids is 1. The molecule has 0 radical (unpaired) electrons. The summed E-state index contributed by atoms with van der Waals surface area (Å²) in [6.45, 7) is -0.283. The number of hydrogen-bond donors (Lipinski definition) is 0. The van der Waals surface area contributed by atoms with Crippen molar-refractivity contribution in [3.8, 4) is 0 Å². The van der Waals surface area contributed by atoms with Crippen LogP contribution in [-0.4, -0.2) is 30.1 Å². The van der Waals surface area contributed by atoms with Crippen molar-refractivity contribution in [3.05, 3.63) is 48.5 Å². The van der Waals surface area contributed by atoms with E-state index in [1.165, 1.54) is 0 Å². The quantitative estimate of drug-likeness (QED) is 0.487. The number of carboxylic acids is 1. The Morgan fingerprint density at radius 1 is 1.00 bits per heavy atom. The fourth-order valence-electron chi connectivity index (χ4n) is 3.14. The van der Waals surface area contributed by atoms with Gasteiger partial charge < -0.3 is 14.5 Å². The molecule has 0 aliphatic heterocycles. The van der Waals surface area contributed by atoms with Crippen LogP contribution in [0, 0.1) is 0 Å². The maximum absolute atomic E-state index is 11.2. The smallest absolute Gasteiger partial charge is 0.253 e. The van der Waals surface area contributed by atoms with Gasteiger partial charge in [0.2, 0.25) is 0 Å². The van der Waals surface area contributed by atoms with Crippen molar-refractivity contribution in [2.24, 2.45) is 0 Å². The third-order valence-corrected chi connectivity index (χ3v) is 4.13. The number of rotatable bonds is 2. The highest BCUT2D eigenvalue weighted by Crippen LogP contribution is 2.27. The molecule has 0 aliphatic rings. The van der Waals surface area contributed by atoms with E-state index >= 15 is 0 Å². The zero-order valence-corrected chi connectivity index (χ0v) is 12.4. The van der Waals surface area contributed by atoms with Crippen molar-refractivity contribution in [2.75, 3.05) is 0 Å². The minimum absolute atomic E-state index is 0.283. The third kappa shape index (κ3) is 1.66. The van der Waals surface area contributed by atoms with Gasteiger partial charge in [0.1, 0.15) is 5.52 Å². The van der Waals surface area contributed by atoms with Crippen molar-refractivity contribution in [1.29, 1.82) is 0 Å². The second-order valence-electron chi connectivity index (χ2n) is 5.57. The Morgan fingerprint density at radius 3 is 2.58 bits per heavy atom. The van der Waals surface area contributed by atoms with E-state index in [4.69, 9.17) is 0 Å². The predicted molar refractivity (Wildman–Crippen MR) is 86.3 cm³/mol. The van der Waals surface area contributed by atoms with Gasteiger partial charge in [-0.25, -0.2) is 4.98 Å². The Bertz CT molecular complexity index is 1270.